The normalized spacial score (nSPS) is 15.2. The number of nitrogens with one attached hydrogen (secondary N) is 1. The molecule has 0 aliphatic heterocycles. The van der Waals surface area contributed by atoms with Crippen molar-refractivity contribution in [3.8, 4) is 0 Å². The summed E-state index contributed by atoms with van der Waals surface area (Å²) < 4.78 is 23.1. The molecular weight excluding hydrogens is 723 g/mol. The molecule has 0 aliphatic carbocycles. The fourth-order valence-corrected chi connectivity index (χ4v) is 7.31. The Morgan fingerprint density at radius 2 is 1.09 bits per heavy atom. The molecule has 0 fully saturated rings. The Morgan fingerprint density at radius 1 is 0.661 bits per heavy atom. The van der Waals surface area contributed by atoms with Gasteiger partial charge in [0.25, 0.3) is 7.82 Å². The molecule has 0 rings (SSSR count). The number of aliphatic hydroxyl groups excluding tert-OH is 2. The van der Waals surface area contributed by atoms with Gasteiger partial charge in [0.2, 0.25) is 5.91 Å². The zero-order chi connectivity index (χ0) is 41.6. The second-order valence-corrected chi connectivity index (χ2v) is 18.3. The Hall–Kier alpha value is -1.32. The maximum Gasteiger partial charge on any atom is 0.268 e. The Kier molecular flexibility index (Phi) is 37.0. The molecular formula is C46H89N2O7P. The van der Waals surface area contributed by atoms with Crippen molar-refractivity contribution < 1.29 is 38.0 Å². The number of amides is 1. The standard InChI is InChI=1S/C46H89N2O7P/c1-6-8-10-12-14-16-18-20-21-22-23-24-25-26-27-29-31-33-35-37-39-45(50)47-43(42-55-56(52,53)54-41-40-48(3,4)5)46(51)44(49)38-36-34-32-30-28-19-17-15-13-11-9-7-2/h7,9,15,17,30,32,43-44,46,49,51H,6,8,10-14,16,18-29,31,33-42H2,1-5H3,(H-,47,50,52,53)/b9-7+,17-15+,32-30+. The minimum absolute atomic E-state index is 0.0493. The van der Waals surface area contributed by atoms with Crippen molar-refractivity contribution in [1.29, 1.82) is 0 Å². The van der Waals surface area contributed by atoms with Gasteiger partial charge in [-0.2, -0.15) is 0 Å². The van der Waals surface area contributed by atoms with E-state index in [4.69, 9.17) is 9.05 Å². The lowest BCUT2D eigenvalue weighted by Crippen LogP contribution is -2.51. The van der Waals surface area contributed by atoms with Gasteiger partial charge >= 0.3 is 0 Å². The first-order valence-electron chi connectivity index (χ1n) is 22.9. The van der Waals surface area contributed by atoms with Crippen molar-refractivity contribution in [3.05, 3.63) is 36.5 Å². The molecule has 0 aromatic heterocycles. The molecule has 4 atom stereocenters. The highest BCUT2D eigenvalue weighted by Gasteiger charge is 2.29. The third-order valence-corrected chi connectivity index (χ3v) is 11.2. The molecule has 0 saturated carbocycles. The molecule has 0 radical (unpaired) electrons. The van der Waals surface area contributed by atoms with Crippen LogP contribution in [0.25, 0.3) is 0 Å². The van der Waals surface area contributed by atoms with Crippen molar-refractivity contribution in [2.45, 2.75) is 212 Å². The highest BCUT2D eigenvalue weighted by molar-refractivity contribution is 7.45. The minimum Gasteiger partial charge on any atom is -0.756 e. The fraction of sp³-hybridized carbons (Fsp3) is 0.848. The summed E-state index contributed by atoms with van der Waals surface area (Å²) >= 11 is 0. The summed E-state index contributed by atoms with van der Waals surface area (Å²) in [6.45, 7) is 4.20. The summed E-state index contributed by atoms with van der Waals surface area (Å²) in [5.41, 5.74) is 0. The quantitative estimate of drug-likeness (QED) is 0.0243. The molecule has 0 bridgehead atoms. The molecule has 0 aromatic carbocycles. The van der Waals surface area contributed by atoms with Crippen LogP contribution in [0.3, 0.4) is 0 Å². The van der Waals surface area contributed by atoms with E-state index in [1.54, 1.807) is 0 Å². The molecule has 3 N–H and O–H groups in total. The van der Waals surface area contributed by atoms with E-state index in [-0.39, 0.29) is 18.9 Å². The van der Waals surface area contributed by atoms with Gasteiger partial charge in [0.05, 0.1) is 39.9 Å². The third-order valence-electron chi connectivity index (χ3n) is 10.3. The number of hydrogen-bond acceptors (Lipinski definition) is 7. The maximum absolute atomic E-state index is 12.9. The van der Waals surface area contributed by atoms with E-state index in [1.807, 2.05) is 28.1 Å². The first-order valence-corrected chi connectivity index (χ1v) is 24.3. The number of hydrogen-bond donors (Lipinski definition) is 3. The van der Waals surface area contributed by atoms with Gasteiger partial charge in [0.15, 0.2) is 0 Å². The summed E-state index contributed by atoms with van der Waals surface area (Å²) in [4.78, 5) is 25.4. The van der Waals surface area contributed by atoms with Gasteiger partial charge < -0.3 is 34.0 Å². The zero-order valence-electron chi connectivity index (χ0n) is 36.9. The molecule has 9 nitrogen and oxygen atoms in total. The van der Waals surface area contributed by atoms with Crippen LogP contribution in [0.1, 0.15) is 194 Å². The van der Waals surface area contributed by atoms with Crippen LogP contribution in [0.5, 0.6) is 0 Å². The molecule has 56 heavy (non-hydrogen) atoms. The summed E-state index contributed by atoms with van der Waals surface area (Å²) in [6, 6.07) is -1.10. The second-order valence-electron chi connectivity index (χ2n) is 16.9. The summed E-state index contributed by atoms with van der Waals surface area (Å²) in [7, 11) is 1.09. The second kappa shape index (κ2) is 37.9. The van der Waals surface area contributed by atoms with Crippen LogP contribution < -0.4 is 10.2 Å². The van der Waals surface area contributed by atoms with Crippen LogP contribution >= 0.6 is 7.82 Å². The van der Waals surface area contributed by atoms with Crippen molar-refractivity contribution in [3.63, 3.8) is 0 Å². The summed E-state index contributed by atoms with van der Waals surface area (Å²) in [6.07, 6.45) is 42.0. The summed E-state index contributed by atoms with van der Waals surface area (Å²) in [5.74, 6) is -0.294. The largest absolute Gasteiger partial charge is 0.756 e. The molecule has 0 heterocycles. The van der Waals surface area contributed by atoms with Crippen LogP contribution in [0.2, 0.25) is 0 Å². The van der Waals surface area contributed by atoms with Gasteiger partial charge in [-0.05, 0) is 58.3 Å². The Bertz CT molecular complexity index is 1030. The fourth-order valence-electron chi connectivity index (χ4n) is 6.59. The van der Waals surface area contributed by atoms with Crippen LogP contribution in [-0.4, -0.2) is 79.8 Å². The number of nitrogens with zero attached hydrogens (tertiary/aromatic N) is 1. The Labute approximate surface area is 345 Å². The number of likely N-dealkylation sites (N-methyl/N-ethyl adjacent to an activating group) is 1. The van der Waals surface area contributed by atoms with Gasteiger partial charge in [-0.25, -0.2) is 0 Å². The molecule has 0 aromatic rings. The van der Waals surface area contributed by atoms with Gasteiger partial charge in [-0.3, -0.25) is 9.36 Å². The summed E-state index contributed by atoms with van der Waals surface area (Å²) in [5, 5.41) is 24.6. The van der Waals surface area contributed by atoms with Gasteiger partial charge in [0, 0.05) is 6.42 Å². The lowest BCUT2D eigenvalue weighted by atomic mass is 10.0. The lowest BCUT2D eigenvalue weighted by molar-refractivity contribution is -0.870. The van der Waals surface area contributed by atoms with Gasteiger partial charge in [0.1, 0.15) is 19.3 Å². The Morgan fingerprint density at radius 3 is 1.54 bits per heavy atom. The molecule has 4 unspecified atom stereocenters. The number of carbonyl (C=O) groups excluding carboxylic acids is 1. The highest BCUT2D eigenvalue weighted by atomic mass is 31.2. The van der Waals surface area contributed by atoms with Crippen molar-refractivity contribution in [1.82, 2.24) is 5.32 Å². The van der Waals surface area contributed by atoms with E-state index in [9.17, 15) is 24.5 Å². The molecule has 1 amide bonds. The predicted molar refractivity (Wildman–Crippen MR) is 234 cm³/mol. The molecule has 330 valence electrons. The van der Waals surface area contributed by atoms with E-state index in [0.29, 0.717) is 30.3 Å². The average Bonchev–Trinajstić information content (AvgIpc) is 3.15. The topological polar surface area (TPSA) is 128 Å². The Balaban J connectivity index is 4.43. The van der Waals surface area contributed by atoms with Crippen LogP contribution in [-0.2, 0) is 18.4 Å². The van der Waals surface area contributed by atoms with Crippen molar-refractivity contribution in [2.24, 2.45) is 0 Å². The predicted octanol–water partition coefficient (Wildman–Crippen LogP) is 11.0. The molecule has 0 aliphatic rings. The van der Waals surface area contributed by atoms with E-state index in [0.717, 1.165) is 51.4 Å². The molecule has 10 heteroatoms. The van der Waals surface area contributed by atoms with E-state index in [2.05, 4.69) is 48.7 Å². The first-order chi connectivity index (χ1) is 26.9. The number of rotatable bonds is 41. The smallest absolute Gasteiger partial charge is 0.268 e. The van der Waals surface area contributed by atoms with Crippen molar-refractivity contribution >= 4 is 13.7 Å². The van der Waals surface area contributed by atoms with E-state index in [1.165, 1.54) is 103 Å². The van der Waals surface area contributed by atoms with Gasteiger partial charge in [-0.15, -0.1) is 0 Å². The number of phosphoric ester groups is 1. The van der Waals surface area contributed by atoms with Crippen LogP contribution in [0.15, 0.2) is 36.5 Å². The number of carbonyl (C=O) groups is 1. The van der Waals surface area contributed by atoms with Crippen molar-refractivity contribution in [2.75, 3.05) is 40.9 Å². The SMILES string of the molecule is C/C=C/CC/C=C/CC/C=C/CCCC(O)C(O)C(COP(=O)([O-])OCC[N+](C)(C)C)NC(=O)CCCCCCCCCCCCCCCCCCCCCC. The lowest BCUT2D eigenvalue weighted by Gasteiger charge is -2.31. The minimum atomic E-state index is -4.67. The molecule has 0 spiro atoms. The number of allylic oxidation sites excluding steroid dienone is 6. The monoisotopic (exact) mass is 813 g/mol. The van der Waals surface area contributed by atoms with Gasteiger partial charge in [-0.1, -0.05) is 165 Å². The first kappa shape index (κ1) is 54.7. The average molecular weight is 813 g/mol. The number of unbranched alkanes of at least 4 members (excludes halogenated alkanes) is 22. The van der Waals surface area contributed by atoms with Crippen LogP contribution in [0, 0.1) is 0 Å². The molecule has 0 saturated heterocycles. The maximum atomic E-state index is 12.9. The zero-order valence-corrected chi connectivity index (χ0v) is 37.8. The number of phosphoric acid groups is 1. The number of quaternary nitrogens is 1. The van der Waals surface area contributed by atoms with E-state index >= 15 is 0 Å². The highest BCUT2D eigenvalue weighted by Crippen LogP contribution is 2.38. The van der Waals surface area contributed by atoms with E-state index < -0.39 is 32.7 Å². The van der Waals surface area contributed by atoms with Crippen LogP contribution in [0.4, 0.5) is 0 Å². The third kappa shape index (κ3) is 38.2. The number of aliphatic hydroxyl groups is 2.